The van der Waals surface area contributed by atoms with Crippen LogP contribution in [0.5, 0.6) is 11.5 Å². The molecular weight excluding hydrogens is 687 g/mol. The lowest BCUT2D eigenvalue weighted by Gasteiger charge is -2.23. The van der Waals surface area contributed by atoms with E-state index in [0.717, 1.165) is 33.6 Å². The van der Waals surface area contributed by atoms with Gasteiger partial charge in [0.15, 0.2) is 11.5 Å². The number of methoxy groups -OCH3 is 1. The van der Waals surface area contributed by atoms with Crippen LogP contribution in [0, 0.1) is 15.9 Å². The normalized spacial score (nSPS) is 12.7. The Labute approximate surface area is 309 Å². The lowest BCUT2D eigenvalue weighted by molar-refractivity contribution is -0.757. The molecule has 12 nitrogen and oxygen atoms in total. The highest BCUT2D eigenvalue weighted by atomic mass is 19.1. The maximum absolute atomic E-state index is 13.9. The molecule has 0 aliphatic carbocycles. The molecule has 2 atom stereocenters. The van der Waals surface area contributed by atoms with Crippen molar-refractivity contribution < 1.29 is 48.3 Å². The number of carbonyl (C=O) groups is 2. The first-order valence-electron chi connectivity index (χ1n) is 17.6. The molecule has 0 radical (unpaired) electrons. The van der Waals surface area contributed by atoms with Crippen molar-refractivity contribution >= 4 is 24.1 Å². The van der Waals surface area contributed by atoms with Crippen molar-refractivity contribution in [3.63, 3.8) is 0 Å². The van der Waals surface area contributed by atoms with Gasteiger partial charge in [-0.2, -0.15) is 0 Å². The second kappa shape index (κ2) is 20.8. The number of hydrogen-bond donors (Lipinski definition) is 2. The Bertz CT molecular complexity index is 1760. The summed E-state index contributed by atoms with van der Waals surface area (Å²) in [7, 11) is 1.39. The van der Waals surface area contributed by atoms with Gasteiger partial charge in [-0.15, -0.1) is 10.1 Å². The Hall–Kier alpha value is -5.14. The molecule has 0 amide bonds. The highest BCUT2D eigenvalue weighted by Crippen LogP contribution is 2.38. The lowest BCUT2D eigenvalue weighted by atomic mass is 9.86. The molecule has 2 N–H and O–H groups in total. The van der Waals surface area contributed by atoms with Crippen LogP contribution in [0.4, 0.5) is 4.39 Å². The molecule has 2 aromatic carbocycles. The summed E-state index contributed by atoms with van der Waals surface area (Å²) in [5.74, 6) is -1.19. The minimum atomic E-state index is -1.23. The van der Waals surface area contributed by atoms with E-state index >= 15 is 0 Å². The third kappa shape index (κ3) is 13.1. The molecule has 1 aromatic heterocycles. The van der Waals surface area contributed by atoms with Crippen molar-refractivity contribution in [3.05, 3.63) is 98.6 Å². The van der Waals surface area contributed by atoms with Gasteiger partial charge in [0.25, 0.3) is 5.09 Å². The molecule has 1 heterocycles. The molecule has 0 aliphatic heterocycles. The van der Waals surface area contributed by atoms with Crippen molar-refractivity contribution in [2.75, 3.05) is 20.3 Å². The minimum Gasteiger partial charge on any atom is -0.493 e. The van der Waals surface area contributed by atoms with Crippen molar-refractivity contribution in [1.82, 2.24) is 4.98 Å². The highest BCUT2D eigenvalue weighted by molar-refractivity contribution is 5.87. The van der Waals surface area contributed by atoms with E-state index < -0.39 is 35.7 Å². The van der Waals surface area contributed by atoms with Crippen LogP contribution < -0.4 is 9.47 Å². The first-order valence-corrected chi connectivity index (χ1v) is 17.6. The molecule has 0 spiro atoms. The van der Waals surface area contributed by atoms with Gasteiger partial charge in [0, 0.05) is 23.8 Å². The Balaban J connectivity index is 1.66. The highest BCUT2D eigenvalue weighted by Gasteiger charge is 2.23. The average Bonchev–Trinajstić information content (AvgIpc) is 3.10. The van der Waals surface area contributed by atoms with E-state index in [9.17, 15) is 34.3 Å². The Morgan fingerprint density at radius 1 is 0.962 bits per heavy atom. The van der Waals surface area contributed by atoms with E-state index in [1.807, 2.05) is 13.8 Å². The predicted molar refractivity (Wildman–Crippen MR) is 198 cm³/mol. The third-order valence-electron chi connectivity index (χ3n) is 8.18. The van der Waals surface area contributed by atoms with E-state index in [1.165, 1.54) is 37.5 Å². The van der Waals surface area contributed by atoms with Crippen LogP contribution in [0.2, 0.25) is 0 Å². The molecule has 13 heteroatoms. The number of nitrogens with zero attached hydrogens (tertiary/aromatic N) is 2. The molecule has 3 aromatic rings. The second-order valence-electron chi connectivity index (χ2n) is 13.0. The van der Waals surface area contributed by atoms with Gasteiger partial charge >= 0.3 is 11.9 Å². The summed E-state index contributed by atoms with van der Waals surface area (Å²) in [4.78, 5) is 44.2. The Morgan fingerprint density at radius 2 is 1.64 bits per heavy atom. The van der Waals surface area contributed by atoms with Crippen molar-refractivity contribution in [1.29, 1.82) is 0 Å². The van der Waals surface area contributed by atoms with Crippen LogP contribution in [0.15, 0.2) is 54.6 Å². The van der Waals surface area contributed by atoms with Crippen LogP contribution in [0.25, 0.3) is 23.3 Å². The number of rotatable bonds is 20. The fourth-order valence-electron chi connectivity index (χ4n) is 5.67. The number of unbranched alkanes of at least 4 members (excludes halogenated alkanes) is 1. The number of ether oxygens (including phenoxy) is 3. The van der Waals surface area contributed by atoms with E-state index in [1.54, 1.807) is 36.4 Å². The van der Waals surface area contributed by atoms with Gasteiger partial charge in [-0.3, -0.25) is 9.78 Å². The van der Waals surface area contributed by atoms with Crippen molar-refractivity contribution in [2.24, 2.45) is 0 Å². The van der Waals surface area contributed by atoms with E-state index in [4.69, 9.17) is 19.2 Å². The van der Waals surface area contributed by atoms with E-state index in [-0.39, 0.29) is 48.8 Å². The Kier molecular flexibility index (Phi) is 16.6. The van der Waals surface area contributed by atoms with Gasteiger partial charge in [-0.25, -0.2) is 9.18 Å². The SMILES string of the molecule is CCc1c(C(C)C)nc(C(C)C)c(/C=C/C(O)CC(O)CC(=O)Oc2ccc(/C=C/C(=O)OCCCCO[N+](=O)[O-])cc2OC)c1-c1ccc(F)cc1. The maximum Gasteiger partial charge on any atom is 0.330 e. The van der Waals surface area contributed by atoms with Crippen LogP contribution >= 0.6 is 0 Å². The predicted octanol–water partition coefficient (Wildman–Crippen LogP) is 7.37. The van der Waals surface area contributed by atoms with Crippen LogP contribution in [0.3, 0.4) is 0 Å². The average molecular weight is 737 g/mol. The number of pyridine rings is 1. The zero-order valence-electron chi connectivity index (χ0n) is 31.0. The number of halogens is 1. The van der Waals surface area contributed by atoms with E-state index in [0.29, 0.717) is 24.8 Å². The van der Waals surface area contributed by atoms with Gasteiger partial charge in [0.05, 0.1) is 44.6 Å². The number of hydrogen-bond acceptors (Lipinski definition) is 11. The first-order chi connectivity index (χ1) is 25.2. The topological polar surface area (TPSA) is 168 Å². The van der Waals surface area contributed by atoms with E-state index in [2.05, 4.69) is 25.6 Å². The monoisotopic (exact) mass is 736 g/mol. The van der Waals surface area contributed by atoms with Crippen LogP contribution in [0.1, 0.15) is 100 Å². The molecule has 0 bridgehead atoms. The third-order valence-corrected chi connectivity index (χ3v) is 8.18. The second-order valence-corrected chi connectivity index (χ2v) is 13.0. The zero-order chi connectivity index (χ0) is 39.1. The summed E-state index contributed by atoms with van der Waals surface area (Å²) in [6.07, 6.45) is 4.62. The fraction of sp³-hybridized carbons (Fsp3) is 0.425. The quantitative estimate of drug-likeness (QED) is 0.0297. The minimum absolute atomic E-state index is 0.0431. The molecule has 0 saturated carbocycles. The number of aromatic nitrogens is 1. The standard InChI is InChI=1S/C40H49FN2O10/c1-7-32-38(28-12-14-29(41)15-13-28)33(40(26(4)5)42-39(32)25(2)3)17-16-30(44)23-31(45)24-37(47)53-34-18-10-27(22-35(34)50-6)11-19-36(46)51-20-8-9-21-52-43(48)49/h10-19,22,25-26,30-31,44-45H,7-9,20-21,23-24H2,1-6H3/b17-16+,19-11+. The Morgan fingerprint density at radius 3 is 2.26 bits per heavy atom. The number of aliphatic hydroxyl groups excluding tert-OH is 2. The molecule has 0 aliphatic rings. The van der Waals surface area contributed by atoms with Gasteiger partial charge in [-0.1, -0.05) is 65.0 Å². The summed E-state index contributed by atoms with van der Waals surface area (Å²) in [5.41, 5.74) is 5.97. The molecule has 2 unspecified atom stereocenters. The van der Waals surface area contributed by atoms with Gasteiger partial charge in [0.2, 0.25) is 0 Å². The van der Waals surface area contributed by atoms with Crippen LogP contribution in [-0.2, 0) is 25.6 Å². The van der Waals surface area contributed by atoms with Crippen molar-refractivity contribution in [3.8, 4) is 22.6 Å². The molecule has 0 saturated heterocycles. The zero-order valence-corrected chi connectivity index (χ0v) is 31.0. The van der Waals surface area contributed by atoms with Gasteiger partial charge < -0.3 is 29.3 Å². The first kappa shape index (κ1) is 42.3. The summed E-state index contributed by atoms with van der Waals surface area (Å²) in [6, 6.07) is 10.9. The summed E-state index contributed by atoms with van der Waals surface area (Å²) in [6.45, 7) is 10.3. The van der Waals surface area contributed by atoms with Crippen molar-refractivity contribution in [2.45, 2.75) is 90.8 Å². The molecule has 286 valence electrons. The number of aliphatic hydroxyl groups is 2. The lowest BCUT2D eigenvalue weighted by Crippen LogP contribution is -2.22. The number of esters is 2. The summed E-state index contributed by atoms with van der Waals surface area (Å²) >= 11 is 0. The fourth-order valence-corrected chi connectivity index (χ4v) is 5.67. The smallest absolute Gasteiger partial charge is 0.330 e. The van der Waals surface area contributed by atoms with Gasteiger partial charge in [0.1, 0.15) is 5.82 Å². The summed E-state index contributed by atoms with van der Waals surface area (Å²) in [5, 5.41) is 30.9. The molecule has 3 rings (SSSR count). The van der Waals surface area contributed by atoms with Crippen LogP contribution in [-0.4, -0.2) is 64.8 Å². The summed E-state index contributed by atoms with van der Waals surface area (Å²) < 4.78 is 29.8. The van der Waals surface area contributed by atoms with Gasteiger partial charge in [-0.05, 0) is 83.7 Å². The number of carbonyl (C=O) groups excluding carboxylic acids is 2. The maximum atomic E-state index is 13.9. The number of benzene rings is 2. The molecular formula is C40H49FN2O10. The largest absolute Gasteiger partial charge is 0.493 e. The molecule has 0 fully saturated rings. The molecule has 53 heavy (non-hydrogen) atoms.